The van der Waals surface area contributed by atoms with Crippen molar-refractivity contribution in [3.8, 4) is 11.1 Å². The highest BCUT2D eigenvalue weighted by molar-refractivity contribution is 7.90. The van der Waals surface area contributed by atoms with Gasteiger partial charge in [0.25, 0.3) is 10.0 Å². The van der Waals surface area contributed by atoms with Crippen molar-refractivity contribution in [1.29, 1.82) is 0 Å². The zero-order valence-electron chi connectivity index (χ0n) is 16.5. The molecule has 7 nitrogen and oxygen atoms in total. The third-order valence-corrected chi connectivity index (χ3v) is 6.56. The highest BCUT2D eigenvalue weighted by Gasteiger charge is 2.23. The number of aryl methyl sites for hydroxylation is 1. The molecule has 4 aromatic rings. The molecule has 4 rings (SSSR count). The van der Waals surface area contributed by atoms with E-state index in [2.05, 4.69) is 15.3 Å². The third kappa shape index (κ3) is 3.46. The van der Waals surface area contributed by atoms with Gasteiger partial charge in [0, 0.05) is 36.0 Å². The van der Waals surface area contributed by atoms with Crippen molar-refractivity contribution >= 4 is 32.7 Å². The minimum atomic E-state index is -3.78. The Morgan fingerprint density at radius 1 is 1.10 bits per heavy atom. The van der Waals surface area contributed by atoms with Crippen LogP contribution in [0.1, 0.15) is 19.5 Å². The molecular weight excluding hydrogens is 400 g/mol. The lowest BCUT2D eigenvalue weighted by atomic mass is 10.1. The van der Waals surface area contributed by atoms with Gasteiger partial charge in [-0.3, -0.25) is 9.78 Å². The van der Waals surface area contributed by atoms with Gasteiger partial charge < -0.3 is 5.32 Å². The number of benzene rings is 1. The van der Waals surface area contributed by atoms with Gasteiger partial charge in [-0.2, -0.15) is 0 Å². The van der Waals surface area contributed by atoms with Crippen molar-refractivity contribution in [3.63, 3.8) is 0 Å². The number of hydrogen-bond donors (Lipinski definition) is 1. The summed E-state index contributed by atoms with van der Waals surface area (Å²) in [6.45, 7) is 3.33. The largest absolute Gasteiger partial charge is 0.311 e. The van der Waals surface area contributed by atoms with Crippen LogP contribution in [-0.4, -0.2) is 28.3 Å². The first-order chi connectivity index (χ1) is 14.4. The molecule has 1 N–H and O–H groups in total. The first-order valence-electron chi connectivity index (χ1n) is 9.44. The molecule has 0 aliphatic carbocycles. The lowest BCUT2D eigenvalue weighted by Crippen LogP contribution is -2.15. The second-order valence-corrected chi connectivity index (χ2v) is 8.59. The van der Waals surface area contributed by atoms with Crippen LogP contribution in [0, 0.1) is 0 Å². The number of carbonyl (C=O) groups excluding carboxylic acids is 1. The van der Waals surface area contributed by atoms with E-state index in [1.54, 1.807) is 61.1 Å². The Morgan fingerprint density at radius 3 is 2.57 bits per heavy atom. The predicted molar refractivity (Wildman–Crippen MR) is 116 cm³/mol. The summed E-state index contributed by atoms with van der Waals surface area (Å²) in [7, 11) is -3.78. The van der Waals surface area contributed by atoms with Crippen molar-refractivity contribution in [3.05, 3.63) is 72.8 Å². The molecule has 0 unspecified atom stereocenters. The second kappa shape index (κ2) is 7.72. The molecule has 152 valence electrons. The Labute approximate surface area is 174 Å². The molecule has 0 atom stereocenters. The number of nitrogens with one attached hydrogen (secondary N) is 1. The van der Waals surface area contributed by atoms with E-state index in [9.17, 15) is 13.2 Å². The van der Waals surface area contributed by atoms with Crippen LogP contribution in [0.3, 0.4) is 0 Å². The van der Waals surface area contributed by atoms with E-state index in [0.717, 1.165) is 16.5 Å². The SMILES string of the molecule is CCc1cc2c(-c3ccnc(NC(C)=O)c3)cncc2n1S(=O)(=O)c1ccccc1. The normalized spacial score (nSPS) is 11.5. The Kier molecular flexibility index (Phi) is 5.09. The summed E-state index contributed by atoms with van der Waals surface area (Å²) in [4.78, 5) is 20.0. The Bertz CT molecular complexity index is 1350. The standard InChI is InChI=1S/C22H20N4O3S/c1-3-17-12-19-20(16-9-10-24-22(11-16)25-15(2)27)13-23-14-21(19)26(17)30(28,29)18-7-5-4-6-8-18/h4-14H,3H2,1-2H3,(H,24,25,27). The number of carbonyl (C=O) groups is 1. The number of anilines is 1. The summed E-state index contributed by atoms with van der Waals surface area (Å²) in [5.41, 5.74) is 2.72. The molecule has 0 aliphatic rings. The molecule has 3 aromatic heterocycles. The molecular formula is C22H20N4O3S. The van der Waals surface area contributed by atoms with Crippen LogP contribution in [0.15, 0.2) is 72.0 Å². The maximum atomic E-state index is 13.4. The summed E-state index contributed by atoms with van der Waals surface area (Å²) in [6.07, 6.45) is 5.38. The quantitative estimate of drug-likeness (QED) is 0.529. The van der Waals surface area contributed by atoms with E-state index in [0.29, 0.717) is 23.4 Å². The van der Waals surface area contributed by atoms with Gasteiger partial charge in [0.15, 0.2) is 0 Å². The van der Waals surface area contributed by atoms with Gasteiger partial charge in [-0.15, -0.1) is 0 Å². The smallest absolute Gasteiger partial charge is 0.268 e. The molecule has 0 bridgehead atoms. The lowest BCUT2D eigenvalue weighted by molar-refractivity contribution is -0.114. The molecule has 1 amide bonds. The number of fused-ring (bicyclic) bond motifs is 1. The van der Waals surface area contributed by atoms with E-state index in [1.807, 2.05) is 13.0 Å². The van der Waals surface area contributed by atoms with E-state index >= 15 is 0 Å². The minimum absolute atomic E-state index is 0.218. The maximum Gasteiger partial charge on any atom is 0.268 e. The number of aromatic nitrogens is 3. The lowest BCUT2D eigenvalue weighted by Gasteiger charge is -2.11. The third-order valence-electron chi connectivity index (χ3n) is 4.78. The summed E-state index contributed by atoms with van der Waals surface area (Å²) < 4.78 is 28.1. The average Bonchev–Trinajstić information content (AvgIpc) is 3.13. The number of pyridine rings is 2. The van der Waals surface area contributed by atoms with Gasteiger partial charge in [-0.05, 0) is 42.3 Å². The molecule has 0 saturated heterocycles. The number of nitrogens with zero attached hydrogens (tertiary/aromatic N) is 3. The molecule has 3 heterocycles. The molecule has 0 saturated carbocycles. The van der Waals surface area contributed by atoms with Gasteiger partial charge in [0.2, 0.25) is 5.91 Å². The van der Waals surface area contributed by atoms with Crippen molar-refractivity contribution in [1.82, 2.24) is 13.9 Å². The van der Waals surface area contributed by atoms with Crippen LogP contribution >= 0.6 is 0 Å². The van der Waals surface area contributed by atoms with E-state index in [-0.39, 0.29) is 10.8 Å². The maximum absolute atomic E-state index is 13.4. The topological polar surface area (TPSA) is 93.9 Å². The first kappa shape index (κ1) is 19.8. The monoisotopic (exact) mass is 420 g/mol. The minimum Gasteiger partial charge on any atom is -0.311 e. The van der Waals surface area contributed by atoms with Crippen molar-refractivity contribution < 1.29 is 13.2 Å². The van der Waals surface area contributed by atoms with E-state index < -0.39 is 10.0 Å². The fourth-order valence-electron chi connectivity index (χ4n) is 3.46. The Morgan fingerprint density at radius 2 is 1.87 bits per heavy atom. The molecule has 0 radical (unpaired) electrons. The van der Waals surface area contributed by atoms with Crippen molar-refractivity contribution in [2.45, 2.75) is 25.2 Å². The Balaban J connectivity index is 1.94. The first-order valence-corrected chi connectivity index (χ1v) is 10.9. The molecule has 0 spiro atoms. The average molecular weight is 420 g/mol. The van der Waals surface area contributed by atoms with Crippen LogP contribution in [0.25, 0.3) is 22.0 Å². The zero-order chi connectivity index (χ0) is 21.3. The van der Waals surface area contributed by atoms with Gasteiger partial charge in [-0.1, -0.05) is 25.1 Å². The highest BCUT2D eigenvalue weighted by Crippen LogP contribution is 2.33. The summed E-state index contributed by atoms with van der Waals surface area (Å²) in [5, 5.41) is 3.43. The molecule has 30 heavy (non-hydrogen) atoms. The number of amides is 1. The van der Waals surface area contributed by atoms with E-state index in [1.165, 1.54) is 10.9 Å². The molecule has 8 heteroatoms. The number of hydrogen-bond acceptors (Lipinski definition) is 5. The van der Waals surface area contributed by atoms with Crippen LogP contribution in [0.4, 0.5) is 5.82 Å². The Hall–Kier alpha value is -3.52. The van der Waals surface area contributed by atoms with Gasteiger partial charge in [0.05, 0.1) is 16.6 Å². The van der Waals surface area contributed by atoms with Crippen molar-refractivity contribution in [2.24, 2.45) is 0 Å². The van der Waals surface area contributed by atoms with Crippen LogP contribution in [-0.2, 0) is 21.2 Å². The fraction of sp³-hybridized carbons (Fsp3) is 0.136. The van der Waals surface area contributed by atoms with E-state index in [4.69, 9.17) is 0 Å². The van der Waals surface area contributed by atoms with Gasteiger partial charge >= 0.3 is 0 Å². The predicted octanol–water partition coefficient (Wildman–Crippen LogP) is 3.86. The van der Waals surface area contributed by atoms with Gasteiger partial charge in [0.1, 0.15) is 5.82 Å². The van der Waals surface area contributed by atoms with Crippen molar-refractivity contribution in [2.75, 3.05) is 5.32 Å². The molecule has 0 fully saturated rings. The number of rotatable bonds is 5. The fourth-order valence-corrected chi connectivity index (χ4v) is 5.06. The summed E-state index contributed by atoms with van der Waals surface area (Å²) >= 11 is 0. The summed E-state index contributed by atoms with van der Waals surface area (Å²) in [5.74, 6) is 0.202. The zero-order valence-corrected chi connectivity index (χ0v) is 17.3. The highest BCUT2D eigenvalue weighted by atomic mass is 32.2. The van der Waals surface area contributed by atoms with Crippen LogP contribution < -0.4 is 5.32 Å². The molecule has 0 aliphatic heterocycles. The van der Waals surface area contributed by atoms with Crippen LogP contribution in [0.2, 0.25) is 0 Å². The van der Waals surface area contributed by atoms with Gasteiger partial charge in [-0.25, -0.2) is 17.4 Å². The van der Waals surface area contributed by atoms with Crippen LogP contribution in [0.5, 0.6) is 0 Å². The second-order valence-electron chi connectivity index (χ2n) is 6.80. The molecule has 1 aromatic carbocycles. The summed E-state index contributed by atoms with van der Waals surface area (Å²) in [6, 6.07) is 13.8.